The zero-order chi connectivity index (χ0) is 13.7. The van der Waals surface area contributed by atoms with Crippen LogP contribution in [0.2, 0.25) is 0 Å². The van der Waals surface area contributed by atoms with Gasteiger partial charge in [0.1, 0.15) is 5.75 Å². The highest BCUT2D eigenvalue weighted by Gasteiger charge is 2.15. The van der Waals surface area contributed by atoms with Crippen molar-refractivity contribution in [1.82, 2.24) is 0 Å². The highest BCUT2D eigenvalue weighted by atomic mass is 16.5. The van der Waals surface area contributed by atoms with Gasteiger partial charge >= 0.3 is 0 Å². The number of methoxy groups -OCH3 is 2. The number of ether oxygens (including phenoxy) is 2. The van der Waals surface area contributed by atoms with Gasteiger partial charge < -0.3 is 14.6 Å². The molecule has 0 heterocycles. The van der Waals surface area contributed by atoms with Crippen LogP contribution in [0, 0.1) is 5.92 Å². The topological polar surface area (TPSA) is 38.7 Å². The van der Waals surface area contributed by atoms with Gasteiger partial charge in [-0.1, -0.05) is 20.8 Å². The summed E-state index contributed by atoms with van der Waals surface area (Å²) in [5.41, 5.74) is 2.88. The lowest BCUT2D eigenvalue weighted by molar-refractivity contribution is 0.174. The molecule has 1 atom stereocenters. The third-order valence-electron chi connectivity index (χ3n) is 3.42. The SMILES string of the molecule is COCc1cc(C(C)C(C)C)cc(COC)c1O. The fourth-order valence-electron chi connectivity index (χ4n) is 1.97. The van der Waals surface area contributed by atoms with Crippen molar-refractivity contribution in [1.29, 1.82) is 0 Å². The van der Waals surface area contributed by atoms with Gasteiger partial charge in [-0.2, -0.15) is 0 Å². The third-order valence-corrected chi connectivity index (χ3v) is 3.42. The second kappa shape index (κ2) is 6.76. The highest BCUT2D eigenvalue weighted by Crippen LogP contribution is 2.32. The van der Waals surface area contributed by atoms with Crippen LogP contribution in [0.5, 0.6) is 5.75 Å². The Labute approximate surface area is 110 Å². The summed E-state index contributed by atoms with van der Waals surface area (Å²) in [7, 11) is 3.27. The lowest BCUT2D eigenvalue weighted by atomic mass is 9.88. The number of aromatic hydroxyl groups is 1. The molecular weight excluding hydrogens is 228 g/mol. The van der Waals surface area contributed by atoms with E-state index in [9.17, 15) is 5.11 Å². The second-order valence-corrected chi connectivity index (χ2v) is 5.09. The predicted molar refractivity (Wildman–Crippen MR) is 72.8 cm³/mol. The van der Waals surface area contributed by atoms with E-state index in [2.05, 4.69) is 20.8 Å². The van der Waals surface area contributed by atoms with E-state index in [1.807, 2.05) is 12.1 Å². The van der Waals surface area contributed by atoms with Gasteiger partial charge in [0, 0.05) is 25.3 Å². The fourth-order valence-corrected chi connectivity index (χ4v) is 1.97. The van der Waals surface area contributed by atoms with E-state index in [1.165, 1.54) is 5.56 Å². The molecule has 0 fully saturated rings. The summed E-state index contributed by atoms with van der Waals surface area (Å²) >= 11 is 0. The van der Waals surface area contributed by atoms with Crippen LogP contribution in [0.1, 0.15) is 43.4 Å². The van der Waals surface area contributed by atoms with E-state index in [-0.39, 0.29) is 0 Å². The molecule has 0 saturated heterocycles. The first-order chi connectivity index (χ1) is 8.51. The van der Waals surface area contributed by atoms with Gasteiger partial charge in [-0.3, -0.25) is 0 Å². The maximum Gasteiger partial charge on any atom is 0.126 e. The van der Waals surface area contributed by atoms with Gasteiger partial charge in [-0.25, -0.2) is 0 Å². The van der Waals surface area contributed by atoms with Gasteiger partial charge in [0.05, 0.1) is 13.2 Å². The summed E-state index contributed by atoms with van der Waals surface area (Å²) in [5.74, 6) is 1.29. The van der Waals surface area contributed by atoms with Crippen LogP contribution in [-0.2, 0) is 22.7 Å². The maximum absolute atomic E-state index is 10.1. The average Bonchev–Trinajstić information content (AvgIpc) is 2.33. The van der Waals surface area contributed by atoms with Gasteiger partial charge in [0.25, 0.3) is 0 Å². The van der Waals surface area contributed by atoms with Gasteiger partial charge in [0.15, 0.2) is 0 Å². The zero-order valence-corrected chi connectivity index (χ0v) is 12.0. The Bertz CT molecular complexity index is 358. The number of rotatable bonds is 6. The van der Waals surface area contributed by atoms with Crippen molar-refractivity contribution in [2.75, 3.05) is 14.2 Å². The molecule has 0 radical (unpaired) electrons. The van der Waals surface area contributed by atoms with E-state index in [0.717, 1.165) is 11.1 Å². The molecule has 3 nitrogen and oxygen atoms in total. The van der Waals surface area contributed by atoms with Crippen molar-refractivity contribution in [2.45, 2.75) is 39.9 Å². The molecule has 18 heavy (non-hydrogen) atoms. The van der Waals surface area contributed by atoms with Crippen molar-refractivity contribution < 1.29 is 14.6 Å². The molecule has 1 rings (SSSR count). The molecule has 0 aromatic heterocycles. The van der Waals surface area contributed by atoms with Crippen molar-refractivity contribution >= 4 is 0 Å². The molecule has 102 valence electrons. The molecule has 0 aliphatic carbocycles. The Morgan fingerprint density at radius 2 is 1.44 bits per heavy atom. The van der Waals surface area contributed by atoms with Crippen molar-refractivity contribution in [2.24, 2.45) is 5.92 Å². The lowest BCUT2D eigenvalue weighted by Gasteiger charge is -2.19. The Hall–Kier alpha value is -1.06. The minimum absolute atomic E-state index is 0.290. The van der Waals surface area contributed by atoms with E-state index in [4.69, 9.17) is 9.47 Å². The molecule has 1 aromatic carbocycles. The number of benzene rings is 1. The van der Waals surface area contributed by atoms with Gasteiger partial charge in [-0.05, 0) is 29.5 Å². The van der Waals surface area contributed by atoms with Crippen molar-refractivity contribution in [3.05, 3.63) is 28.8 Å². The minimum Gasteiger partial charge on any atom is -0.507 e. The van der Waals surface area contributed by atoms with Crippen LogP contribution in [0.4, 0.5) is 0 Å². The minimum atomic E-state index is 0.290. The maximum atomic E-state index is 10.1. The summed E-state index contributed by atoms with van der Waals surface area (Å²) in [6.45, 7) is 7.43. The summed E-state index contributed by atoms with van der Waals surface area (Å²) < 4.78 is 10.3. The largest absolute Gasteiger partial charge is 0.507 e. The molecular formula is C15H24O3. The molecule has 1 unspecified atom stereocenters. The van der Waals surface area contributed by atoms with Crippen LogP contribution < -0.4 is 0 Å². The molecule has 3 heteroatoms. The third kappa shape index (κ3) is 3.47. The van der Waals surface area contributed by atoms with Crippen LogP contribution in [0.3, 0.4) is 0 Å². The number of phenols is 1. The van der Waals surface area contributed by atoms with E-state index < -0.39 is 0 Å². The molecule has 1 N–H and O–H groups in total. The van der Waals surface area contributed by atoms with Crippen molar-refractivity contribution in [3.8, 4) is 5.75 Å². The summed E-state index contributed by atoms with van der Waals surface area (Å²) in [6.07, 6.45) is 0. The second-order valence-electron chi connectivity index (χ2n) is 5.09. The smallest absolute Gasteiger partial charge is 0.126 e. The van der Waals surface area contributed by atoms with Gasteiger partial charge in [0.2, 0.25) is 0 Å². The van der Waals surface area contributed by atoms with Gasteiger partial charge in [-0.15, -0.1) is 0 Å². The average molecular weight is 252 g/mol. The normalized spacial score (nSPS) is 13.0. The summed E-state index contributed by atoms with van der Waals surface area (Å²) in [5, 5.41) is 10.1. The predicted octanol–water partition coefficient (Wildman–Crippen LogP) is 3.44. The Morgan fingerprint density at radius 1 is 1.00 bits per heavy atom. The molecule has 1 aromatic rings. The quantitative estimate of drug-likeness (QED) is 0.842. The molecule has 0 saturated carbocycles. The Kier molecular flexibility index (Phi) is 5.63. The summed E-state index contributed by atoms with van der Waals surface area (Å²) in [6, 6.07) is 4.06. The molecule has 0 amide bonds. The Morgan fingerprint density at radius 3 is 1.78 bits per heavy atom. The molecule has 0 bridgehead atoms. The molecule has 0 spiro atoms. The van der Waals surface area contributed by atoms with Crippen LogP contribution in [-0.4, -0.2) is 19.3 Å². The summed E-state index contributed by atoms with van der Waals surface area (Å²) in [4.78, 5) is 0. The van der Waals surface area contributed by atoms with E-state index in [0.29, 0.717) is 30.8 Å². The zero-order valence-electron chi connectivity index (χ0n) is 12.0. The van der Waals surface area contributed by atoms with E-state index in [1.54, 1.807) is 14.2 Å². The van der Waals surface area contributed by atoms with Crippen LogP contribution >= 0.6 is 0 Å². The number of hydrogen-bond acceptors (Lipinski definition) is 3. The molecule has 0 aliphatic heterocycles. The number of hydrogen-bond donors (Lipinski definition) is 1. The Balaban J connectivity index is 3.19. The van der Waals surface area contributed by atoms with Crippen LogP contribution in [0.15, 0.2) is 12.1 Å². The fraction of sp³-hybridized carbons (Fsp3) is 0.600. The monoisotopic (exact) mass is 252 g/mol. The van der Waals surface area contributed by atoms with Crippen LogP contribution in [0.25, 0.3) is 0 Å². The number of phenolic OH excluding ortho intramolecular Hbond substituents is 1. The first-order valence-electron chi connectivity index (χ1n) is 6.33. The first-order valence-corrected chi connectivity index (χ1v) is 6.33. The molecule has 0 aliphatic rings. The van der Waals surface area contributed by atoms with Crippen molar-refractivity contribution in [3.63, 3.8) is 0 Å². The first kappa shape index (κ1) is 15.0. The highest BCUT2D eigenvalue weighted by molar-refractivity contribution is 5.44. The van der Waals surface area contributed by atoms with E-state index >= 15 is 0 Å². The standard InChI is InChI=1S/C15H24O3/c1-10(2)11(3)12-6-13(8-17-4)15(16)14(7-12)9-18-5/h6-7,10-11,16H,8-9H2,1-5H3. The lowest BCUT2D eigenvalue weighted by Crippen LogP contribution is -2.05.